The van der Waals surface area contributed by atoms with E-state index in [-0.39, 0.29) is 5.54 Å². The molecule has 0 spiro atoms. The van der Waals surface area contributed by atoms with Gasteiger partial charge in [0.15, 0.2) is 6.04 Å². The summed E-state index contributed by atoms with van der Waals surface area (Å²) < 4.78 is 2.08. The second-order valence-corrected chi connectivity index (χ2v) is 7.91. The lowest BCUT2D eigenvalue weighted by Gasteiger charge is -2.35. The van der Waals surface area contributed by atoms with Crippen molar-refractivity contribution in [3.05, 3.63) is 5.82 Å². The molecule has 2 heterocycles. The summed E-state index contributed by atoms with van der Waals surface area (Å²) in [7, 11) is 2.29. The standard InChI is InChI=1S/C16H32N6/c1-7-16(4,5)22-15(17-18-19-22)14(12-13(2)3)21-10-8-20(6)9-11-21/h13-14H,7-12H2,1-6H3/p+2/t14-/m1/s1. The van der Waals surface area contributed by atoms with Gasteiger partial charge in [0.1, 0.15) is 26.2 Å². The summed E-state index contributed by atoms with van der Waals surface area (Å²) in [5, 5.41) is 12.8. The van der Waals surface area contributed by atoms with Gasteiger partial charge in [-0.3, -0.25) is 0 Å². The fraction of sp³-hybridized carbons (Fsp3) is 0.938. The van der Waals surface area contributed by atoms with E-state index in [1.807, 2.05) is 0 Å². The summed E-state index contributed by atoms with van der Waals surface area (Å²) in [6, 6.07) is 0.411. The molecule has 22 heavy (non-hydrogen) atoms. The van der Waals surface area contributed by atoms with Gasteiger partial charge in [-0.25, -0.2) is 4.68 Å². The molecule has 1 fully saturated rings. The Morgan fingerprint density at radius 1 is 1.18 bits per heavy atom. The van der Waals surface area contributed by atoms with Crippen LogP contribution in [0.3, 0.4) is 0 Å². The van der Waals surface area contributed by atoms with Crippen LogP contribution < -0.4 is 9.80 Å². The van der Waals surface area contributed by atoms with Crippen LogP contribution in [0.25, 0.3) is 0 Å². The molecule has 1 aromatic rings. The lowest BCUT2D eigenvalue weighted by molar-refractivity contribution is -1.02. The predicted molar refractivity (Wildman–Crippen MR) is 86.9 cm³/mol. The molecule has 0 radical (unpaired) electrons. The smallest absolute Gasteiger partial charge is 0.209 e. The van der Waals surface area contributed by atoms with E-state index in [4.69, 9.17) is 0 Å². The van der Waals surface area contributed by atoms with E-state index in [0.717, 1.165) is 18.7 Å². The van der Waals surface area contributed by atoms with E-state index < -0.39 is 0 Å². The van der Waals surface area contributed by atoms with Crippen LogP contribution in [-0.2, 0) is 5.54 Å². The third kappa shape index (κ3) is 3.84. The highest BCUT2D eigenvalue weighted by Gasteiger charge is 2.36. The topological polar surface area (TPSA) is 52.5 Å². The van der Waals surface area contributed by atoms with Crippen LogP contribution >= 0.6 is 0 Å². The quantitative estimate of drug-likeness (QED) is 0.732. The Labute approximate surface area is 134 Å². The summed E-state index contributed by atoms with van der Waals surface area (Å²) in [6.07, 6.45) is 2.18. The highest BCUT2D eigenvalue weighted by atomic mass is 15.6. The molecular formula is C16H34N6+2. The molecule has 0 aromatic carbocycles. The second-order valence-electron chi connectivity index (χ2n) is 7.91. The first kappa shape index (κ1) is 17.3. The molecule has 2 N–H and O–H groups in total. The zero-order chi connectivity index (χ0) is 16.3. The fourth-order valence-corrected chi connectivity index (χ4v) is 3.26. The van der Waals surface area contributed by atoms with Gasteiger partial charge >= 0.3 is 0 Å². The summed E-state index contributed by atoms with van der Waals surface area (Å²) in [5.74, 6) is 1.73. The number of nitrogens with one attached hydrogen (secondary N) is 2. The van der Waals surface area contributed by atoms with Gasteiger partial charge in [-0.15, -0.1) is 5.10 Å². The van der Waals surface area contributed by atoms with Gasteiger partial charge in [-0.05, 0) is 36.6 Å². The van der Waals surface area contributed by atoms with Crippen molar-refractivity contribution >= 4 is 0 Å². The third-order valence-corrected chi connectivity index (χ3v) is 5.19. The van der Waals surface area contributed by atoms with Crippen LogP contribution in [0.5, 0.6) is 0 Å². The van der Waals surface area contributed by atoms with Crippen LogP contribution in [-0.4, -0.2) is 53.4 Å². The Bertz CT molecular complexity index is 459. The van der Waals surface area contributed by atoms with Crippen molar-refractivity contribution < 1.29 is 9.80 Å². The zero-order valence-corrected chi connectivity index (χ0v) is 15.2. The van der Waals surface area contributed by atoms with E-state index in [0.29, 0.717) is 12.0 Å². The van der Waals surface area contributed by atoms with Gasteiger partial charge in [-0.2, -0.15) is 0 Å². The SMILES string of the molecule is CCC(C)(C)n1nnnc1[C@@H](CC(C)C)[NH+]1CC[NH+](C)CC1. The molecule has 2 rings (SSSR count). The van der Waals surface area contributed by atoms with Gasteiger partial charge < -0.3 is 9.80 Å². The van der Waals surface area contributed by atoms with Gasteiger partial charge in [-0.1, -0.05) is 20.8 Å². The molecule has 6 nitrogen and oxygen atoms in total. The van der Waals surface area contributed by atoms with Crippen LogP contribution in [0.2, 0.25) is 0 Å². The third-order valence-electron chi connectivity index (χ3n) is 5.19. The Balaban J connectivity index is 2.28. The van der Waals surface area contributed by atoms with Crippen molar-refractivity contribution in [3.63, 3.8) is 0 Å². The monoisotopic (exact) mass is 310 g/mol. The van der Waals surface area contributed by atoms with Crippen molar-refractivity contribution in [1.82, 2.24) is 20.2 Å². The lowest BCUT2D eigenvalue weighted by atomic mass is 9.98. The molecule has 126 valence electrons. The minimum atomic E-state index is -0.0225. The highest BCUT2D eigenvalue weighted by Crippen LogP contribution is 2.24. The average Bonchev–Trinajstić information content (AvgIpc) is 2.95. The molecule has 0 unspecified atom stereocenters. The van der Waals surface area contributed by atoms with Crippen molar-refractivity contribution in [2.75, 3.05) is 33.2 Å². The van der Waals surface area contributed by atoms with Crippen LogP contribution in [0, 0.1) is 5.92 Å². The minimum Gasteiger partial charge on any atom is -0.328 e. The van der Waals surface area contributed by atoms with Gasteiger partial charge in [0.25, 0.3) is 0 Å². The molecule has 0 amide bonds. The molecule has 0 aliphatic carbocycles. The Hall–Kier alpha value is -1.01. The summed E-state index contributed by atoms with van der Waals surface area (Å²) in [6.45, 7) is 16.1. The van der Waals surface area contributed by atoms with E-state index in [1.165, 1.54) is 26.2 Å². The Morgan fingerprint density at radius 2 is 1.82 bits per heavy atom. The van der Waals surface area contributed by atoms with Crippen molar-refractivity contribution in [1.29, 1.82) is 0 Å². The van der Waals surface area contributed by atoms with Crippen molar-refractivity contribution in [2.24, 2.45) is 5.92 Å². The maximum absolute atomic E-state index is 4.45. The van der Waals surface area contributed by atoms with Crippen molar-refractivity contribution in [3.8, 4) is 0 Å². The molecule has 0 saturated carbocycles. The molecule has 0 bridgehead atoms. The molecule has 1 aliphatic rings. The van der Waals surface area contributed by atoms with E-state index in [9.17, 15) is 0 Å². The predicted octanol–water partition coefficient (Wildman–Crippen LogP) is -0.681. The summed E-state index contributed by atoms with van der Waals surface area (Å²) >= 11 is 0. The number of nitrogens with zero attached hydrogens (tertiary/aromatic N) is 4. The Kier molecular flexibility index (Phi) is 5.55. The molecule has 6 heteroatoms. The van der Waals surface area contributed by atoms with Gasteiger partial charge in [0.05, 0.1) is 12.6 Å². The molecular weight excluding hydrogens is 276 g/mol. The van der Waals surface area contributed by atoms with E-state index in [1.54, 1.807) is 9.80 Å². The maximum atomic E-state index is 4.45. The largest absolute Gasteiger partial charge is 0.328 e. The van der Waals surface area contributed by atoms with Gasteiger partial charge in [0, 0.05) is 6.42 Å². The second kappa shape index (κ2) is 7.04. The number of rotatable bonds is 6. The lowest BCUT2D eigenvalue weighted by Crippen LogP contribution is -3.27. The average molecular weight is 310 g/mol. The van der Waals surface area contributed by atoms with Crippen LogP contribution in [0.4, 0.5) is 0 Å². The van der Waals surface area contributed by atoms with Gasteiger partial charge in [0.2, 0.25) is 5.82 Å². The van der Waals surface area contributed by atoms with Crippen LogP contribution in [0.1, 0.15) is 59.3 Å². The normalized spacial score (nSPS) is 24.7. The number of aromatic nitrogens is 4. The number of quaternary nitrogens is 2. The van der Waals surface area contributed by atoms with E-state index in [2.05, 4.69) is 61.9 Å². The highest BCUT2D eigenvalue weighted by molar-refractivity contribution is 4.93. The number of tetrazole rings is 1. The first-order chi connectivity index (χ1) is 10.3. The minimum absolute atomic E-state index is 0.0225. The summed E-state index contributed by atoms with van der Waals surface area (Å²) in [5.41, 5.74) is -0.0225. The first-order valence-electron chi connectivity index (χ1n) is 8.79. The van der Waals surface area contributed by atoms with E-state index >= 15 is 0 Å². The van der Waals surface area contributed by atoms with Crippen LogP contribution in [0.15, 0.2) is 0 Å². The molecule has 1 aliphatic heterocycles. The fourth-order valence-electron chi connectivity index (χ4n) is 3.26. The molecule has 1 saturated heterocycles. The number of hydrogen-bond acceptors (Lipinski definition) is 3. The molecule has 1 atom stereocenters. The summed E-state index contributed by atoms with van der Waals surface area (Å²) in [4.78, 5) is 3.29. The Morgan fingerprint density at radius 3 is 2.36 bits per heavy atom. The number of hydrogen-bond donors (Lipinski definition) is 2. The maximum Gasteiger partial charge on any atom is 0.209 e. The molecule has 1 aromatic heterocycles. The number of piperazine rings is 1. The number of likely N-dealkylation sites (N-methyl/N-ethyl adjacent to an activating group) is 1. The first-order valence-corrected chi connectivity index (χ1v) is 8.79. The van der Waals surface area contributed by atoms with Crippen molar-refractivity contribution in [2.45, 2.75) is 59.0 Å². The zero-order valence-electron chi connectivity index (χ0n) is 15.2.